The minimum atomic E-state index is -0.218. The van der Waals surface area contributed by atoms with Crippen molar-refractivity contribution in [1.29, 1.82) is 5.26 Å². The lowest BCUT2D eigenvalue weighted by molar-refractivity contribution is 0.532. The third-order valence-corrected chi connectivity index (χ3v) is 1.55. The molecule has 3 atom stereocenters. The van der Waals surface area contributed by atoms with Crippen LogP contribution in [0.2, 0.25) is 0 Å². The minimum Gasteiger partial charge on any atom is -0.314 e. The van der Waals surface area contributed by atoms with Crippen LogP contribution < -0.4 is 16.6 Å². The van der Waals surface area contributed by atoms with E-state index in [0.29, 0.717) is 0 Å². The Kier molecular flexibility index (Phi) is 1.67. The van der Waals surface area contributed by atoms with Crippen LogP contribution in [0.5, 0.6) is 0 Å². The molecule has 0 aliphatic carbocycles. The molecule has 0 aromatic heterocycles. The molecule has 1 fully saturated rings. The van der Waals surface area contributed by atoms with Crippen molar-refractivity contribution in [2.45, 2.75) is 19.1 Å². The summed E-state index contributed by atoms with van der Waals surface area (Å²) >= 11 is 0. The molecule has 4 nitrogen and oxygen atoms in total. The Labute approximate surface area is 54.0 Å². The Balaban J connectivity index is 2.57. The number of hydrazine groups is 1. The molecular weight excluding hydrogens is 116 g/mol. The lowest BCUT2D eigenvalue weighted by Gasteiger charge is -2.05. The van der Waals surface area contributed by atoms with Gasteiger partial charge < -0.3 is 5.73 Å². The minimum absolute atomic E-state index is 0.106. The van der Waals surface area contributed by atoms with E-state index in [1.807, 2.05) is 6.92 Å². The summed E-state index contributed by atoms with van der Waals surface area (Å²) in [6, 6.07) is 2.27. The molecule has 1 saturated heterocycles. The number of hydrogen-bond acceptors (Lipinski definition) is 4. The summed E-state index contributed by atoms with van der Waals surface area (Å²) in [7, 11) is 0. The lowest BCUT2D eigenvalue weighted by atomic mass is 10.0. The number of nitrogens with one attached hydrogen (secondary N) is 2. The summed E-state index contributed by atoms with van der Waals surface area (Å²) in [6.07, 6.45) is -0.218. The smallest absolute Gasteiger partial charge is 0.0921 e. The van der Waals surface area contributed by atoms with Gasteiger partial charge in [0, 0.05) is 6.04 Å². The average molecular weight is 126 g/mol. The SMILES string of the molecule is CC1NNC(N)C1C#N. The van der Waals surface area contributed by atoms with Crippen molar-refractivity contribution in [3.8, 4) is 6.07 Å². The molecule has 0 spiro atoms. The van der Waals surface area contributed by atoms with E-state index in [2.05, 4.69) is 16.9 Å². The lowest BCUT2D eigenvalue weighted by Crippen LogP contribution is -2.38. The van der Waals surface area contributed by atoms with Crippen LogP contribution in [0.25, 0.3) is 0 Å². The van der Waals surface area contributed by atoms with Gasteiger partial charge in [0.05, 0.1) is 18.2 Å². The molecule has 1 heterocycles. The van der Waals surface area contributed by atoms with E-state index in [1.54, 1.807) is 0 Å². The Morgan fingerprint density at radius 1 is 1.56 bits per heavy atom. The Hall–Kier alpha value is -0.630. The van der Waals surface area contributed by atoms with Gasteiger partial charge in [0.2, 0.25) is 0 Å². The van der Waals surface area contributed by atoms with Crippen LogP contribution in [0.15, 0.2) is 0 Å². The van der Waals surface area contributed by atoms with Gasteiger partial charge in [-0.3, -0.25) is 5.43 Å². The van der Waals surface area contributed by atoms with Gasteiger partial charge in [-0.05, 0) is 6.92 Å². The van der Waals surface area contributed by atoms with Gasteiger partial charge in [-0.15, -0.1) is 0 Å². The molecule has 50 valence electrons. The van der Waals surface area contributed by atoms with Crippen LogP contribution in [-0.2, 0) is 0 Å². The van der Waals surface area contributed by atoms with Crippen molar-refractivity contribution in [1.82, 2.24) is 10.9 Å². The van der Waals surface area contributed by atoms with Crippen molar-refractivity contribution in [3.05, 3.63) is 0 Å². The summed E-state index contributed by atoms with van der Waals surface area (Å²) in [5.74, 6) is -0.106. The second-order valence-electron chi connectivity index (χ2n) is 2.26. The van der Waals surface area contributed by atoms with E-state index >= 15 is 0 Å². The van der Waals surface area contributed by atoms with Gasteiger partial charge in [-0.2, -0.15) is 5.26 Å². The molecule has 1 aliphatic heterocycles. The van der Waals surface area contributed by atoms with Crippen molar-refractivity contribution >= 4 is 0 Å². The maximum atomic E-state index is 8.50. The molecule has 1 aliphatic rings. The Bertz CT molecular complexity index is 128. The Morgan fingerprint density at radius 2 is 2.22 bits per heavy atom. The predicted molar refractivity (Wildman–Crippen MR) is 32.8 cm³/mol. The first-order valence-electron chi connectivity index (χ1n) is 2.92. The first-order chi connectivity index (χ1) is 4.25. The first kappa shape index (κ1) is 6.49. The molecule has 0 saturated carbocycles. The van der Waals surface area contributed by atoms with E-state index in [9.17, 15) is 0 Å². The standard InChI is InChI=1S/C5H10N4/c1-3-4(2-6)5(7)9-8-3/h3-5,8-9H,7H2,1H3. The third kappa shape index (κ3) is 1.03. The molecule has 0 amide bonds. The molecule has 9 heavy (non-hydrogen) atoms. The summed E-state index contributed by atoms with van der Waals surface area (Å²) in [5.41, 5.74) is 11.1. The summed E-state index contributed by atoms with van der Waals surface area (Å²) in [5, 5.41) is 8.50. The molecule has 0 aromatic carbocycles. The molecule has 4 N–H and O–H groups in total. The zero-order valence-electron chi connectivity index (χ0n) is 5.26. The maximum absolute atomic E-state index is 8.50. The fourth-order valence-electron chi connectivity index (χ4n) is 0.910. The highest BCUT2D eigenvalue weighted by Gasteiger charge is 2.29. The molecule has 0 aromatic rings. The number of nitrogens with two attached hydrogens (primary N) is 1. The third-order valence-electron chi connectivity index (χ3n) is 1.55. The zero-order valence-corrected chi connectivity index (χ0v) is 5.26. The van der Waals surface area contributed by atoms with Crippen LogP contribution in [0, 0.1) is 17.2 Å². The van der Waals surface area contributed by atoms with Gasteiger partial charge in [-0.25, -0.2) is 5.43 Å². The van der Waals surface area contributed by atoms with E-state index in [1.165, 1.54) is 0 Å². The van der Waals surface area contributed by atoms with Gasteiger partial charge in [0.1, 0.15) is 0 Å². The van der Waals surface area contributed by atoms with Crippen LogP contribution >= 0.6 is 0 Å². The van der Waals surface area contributed by atoms with Crippen LogP contribution in [0.4, 0.5) is 0 Å². The summed E-state index contributed by atoms with van der Waals surface area (Å²) in [4.78, 5) is 0. The van der Waals surface area contributed by atoms with Gasteiger partial charge in [0.15, 0.2) is 0 Å². The number of nitrogens with zero attached hydrogens (tertiary/aromatic N) is 1. The highest BCUT2D eigenvalue weighted by molar-refractivity contribution is 4.98. The molecule has 1 rings (SSSR count). The first-order valence-corrected chi connectivity index (χ1v) is 2.92. The fourth-order valence-corrected chi connectivity index (χ4v) is 0.910. The van der Waals surface area contributed by atoms with E-state index in [-0.39, 0.29) is 18.1 Å². The predicted octanol–water partition coefficient (Wildman–Crippen LogP) is -1.09. The van der Waals surface area contributed by atoms with Crippen molar-refractivity contribution < 1.29 is 0 Å². The number of rotatable bonds is 0. The number of hydrogen-bond donors (Lipinski definition) is 3. The highest BCUT2D eigenvalue weighted by atomic mass is 15.4. The van der Waals surface area contributed by atoms with Crippen LogP contribution in [-0.4, -0.2) is 12.2 Å². The molecule has 0 bridgehead atoms. The van der Waals surface area contributed by atoms with Crippen molar-refractivity contribution in [3.63, 3.8) is 0 Å². The van der Waals surface area contributed by atoms with Crippen molar-refractivity contribution in [2.24, 2.45) is 11.7 Å². The van der Waals surface area contributed by atoms with Gasteiger partial charge in [0.25, 0.3) is 0 Å². The quantitative estimate of drug-likeness (QED) is 0.385. The largest absolute Gasteiger partial charge is 0.314 e. The maximum Gasteiger partial charge on any atom is 0.0921 e. The van der Waals surface area contributed by atoms with Gasteiger partial charge in [-0.1, -0.05) is 0 Å². The average Bonchev–Trinajstić information content (AvgIpc) is 2.12. The molecule has 0 radical (unpaired) electrons. The monoisotopic (exact) mass is 126 g/mol. The molecular formula is C5H10N4. The summed E-state index contributed by atoms with van der Waals surface area (Å²) < 4.78 is 0. The summed E-state index contributed by atoms with van der Waals surface area (Å²) in [6.45, 7) is 1.92. The highest BCUT2D eigenvalue weighted by Crippen LogP contribution is 2.08. The fraction of sp³-hybridized carbons (Fsp3) is 0.800. The molecule has 4 heteroatoms. The zero-order chi connectivity index (χ0) is 6.85. The second kappa shape index (κ2) is 2.31. The van der Waals surface area contributed by atoms with Crippen LogP contribution in [0.1, 0.15) is 6.92 Å². The van der Waals surface area contributed by atoms with Crippen molar-refractivity contribution in [2.75, 3.05) is 0 Å². The van der Waals surface area contributed by atoms with E-state index < -0.39 is 0 Å². The van der Waals surface area contributed by atoms with Crippen LogP contribution in [0.3, 0.4) is 0 Å². The second-order valence-corrected chi connectivity index (χ2v) is 2.26. The number of nitriles is 1. The van der Waals surface area contributed by atoms with E-state index in [0.717, 1.165) is 0 Å². The topological polar surface area (TPSA) is 73.9 Å². The van der Waals surface area contributed by atoms with Gasteiger partial charge >= 0.3 is 0 Å². The normalized spacial score (nSPS) is 42.6. The van der Waals surface area contributed by atoms with E-state index in [4.69, 9.17) is 11.0 Å². The molecule has 3 unspecified atom stereocenters. The Morgan fingerprint density at radius 3 is 2.44 bits per heavy atom.